The summed E-state index contributed by atoms with van der Waals surface area (Å²) in [6.07, 6.45) is 0.820. The first-order valence-electron chi connectivity index (χ1n) is 8.22. The molecule has 3 atom stereocenters. The number of hydrogen-bond donors (Lipinski definition) is 1. The first-order valence-corrected chi connectivity index (χ1v) is 9.10. The van der Waals surface area contributed by atoms with Crippen LogP contribution in [0.25, 0.3) is 0 Å². The van der Waals surface area contributed by atoms with E-state index >= 15 is 0 Å². The number of carbonyl (C=O) groups excluding carboxylic acids is 1. The average Bonchev–Trinajstić information content (AvgIpc) is 3.04. The second kappa shape index (κ2) is 7.42. The summed E-state index contributed by atoms with van der Waals surface area (Å²) in [5.41, 5.74) is 7.92. The lowest BCUT2D eigenvalue weighted by atomic mass is 10.1. The second-order valence-corrected chi connectivity index (χ2v) is 7.22. The number of morpholine rings is 1. The summed E-state index contributed by atoms with van der Waals surface area (Å²) >= 11 is 1.46. The van der Waals surface area contributed by atoms with E-state index in [1.54, 1.807) is 0 Å². The van der Waals surface area contributed by atoms with Crippen molar-refractivity contribution in [2.45, 2.75) is 38.5 Å². The van der Waals surface area contributed by atoms with E-state index in [1.165, 1.54) is 16.9 Å². The molecule has 0 radical (unpaired) electrons. The predicted molar refractivity (Wildman–Crippen MR) is 95.1 cm³/mol. The minimum atomic E-state index is -0.193. The molecule has 2 N–H and O–H groups in total. The molecule has 0 spiro atoms. The Morgan fingerprint density at radius 2 is 2.00 bits per heavy atom. The molecule has 1 aliphatic rings. The van der Waals surface area contributed by atoms with E-state index in [1.807, 2.05) is 42.3 Å². The number of aromatic nitrogens is 1. The number of nitrogens with two attached hydrogens (primary N) is 1. The quantitative estimate of drug-likeness (QED) is 0.925. The third kappa shape index (κ3) is 4.01. The number of hydrogen-bond acceptors (Lipinski definition) is 5. The van der Waals surface area contributed by atoms with E-state index in [2.05, 4.69) is 17.1 Å². The van der Waals surface area contributed by atoms with E-state index in [0.717, 1.165) is 5.01 Å². The van der Waals surface area contributed by atoms with Crippen LogP contribution < -0.4 is 5.73 Å². The standard InChI is InChI=1S/C18H23N3O2S/c1-12-9-21(10-13(2)23-12)18(22)16-11-24-17(20-16)15(19)8-14-6-4-3-5-7-14/h3-7,11-13,15H,8-10,19H2,1-2H3. The van der Waals surface area contributed by atoms with E-state index < -0.39 is 0 Å². The number of thiazole rings is 1. The van der Waals surface area contributed by atoms with Crippen LogP contribution in [0.4, 0.5) is 0 Å². The average molecular weight is 345 g/mol. The zero-order valence-electron chi connectivity index (χ0n) is 14.0. The van der Waals surface area contributed by atoms with Gasteiger partial charge in [0, 0.05) is 18.5 Å². The molecule has 5 nitrogen and oxygen atoms in total. The van der Waals surface area contributed by atoms with E-state index in [4.69, 9.17) is 10.5 Å². The van der Waals surface area contributed by atoms with Crippen molar-refractivity contribution in [1.29, 1.82) is 0 Å². The molecular weight excluding hydrogens is 322 g/mol. The van der Waals surface area contributed by atoms with Gasteiger partial charge in [-0.05, 0) is 25.8 Å². The van der Waals surface area contributed by atoms with Crippen molar-refractivity contribution < 1.29 is 9.53 Å². The highest BCUT2D eigenvalue weighted by molar-refractivity contribution is 7.09. The van der Waals surface area contributed by atoms with E-state index in [0.29, 0.717) is 25.2 Å². The Bertz CT molecular complexity index is 679. The number of carbonyl (C=O) groups is 1. The van der Waals surface area contributed by atoms with Crippen LogP contribution in [-0.4, -0.2) is 41.1 Å². The van der Waals surface area contributed by atoms with E-state index in [9.17, 15) is 4.79 Å². The van der Waals surface area contributed by atoms with E-state index in [-0.39, 0.29) is 24.2 Å². The lowest BCUT2D eigenvalue weighted by molar-refractivity contribution is -0.0587. The van der Waals surface area contributed by atoms with Crippen LogP contribution in [0.2, 0.25) is 0 Å². The third-order valence-electron chi connectivity index (χ3n) is 4.06. The second-order valence-electron chi connectivity index (χ2n) is 6.33. The summed E-state index contributed by atoms with van der Waals surface area (Å²) in [7, 11) is 0. The van der Waals surface area contributed by atoms with Crippen LogP contribution in [0.1, 0.15) is 40.9 Å². The predicted octanol–water partition coefficient (Wildman–Crippen LogP) is 2.64. The van der Waals surface area contributed by atoms with Gasteiger partial charge in [0.15, 0.2) is 0 Å². The minimum absolute atomic E-state index is 0.0357. The molecule has 0 saturated carbocycles. The monoisotopic (exact) mass is 345 g/mol. The molecule has 128 valence electrons. The fraction of sp³-hybridized carbons (Fsp3) is 0.444. The minimum Gasteiger partial charge on any atom is -0.372 e. The smallest absolute Gasteiger partial charge is 0.273 e. The van der Waals surface area contributed by atoms with Crippen molar-refractivity contribution in [3.8, 4) is 0 Å². The maximum absolute atomic E-state index is 12.7. The molecule has 6 heteroatoms. The molecule has 1 aromatic heterocycles. The summed E-state index contributed by atoms with van der Waals surface area (Å²) in [6, 6.07) is 9.90. The number of amides is 1. The van der Waals surface area contributed by atoms with Crippen LogP contribution in [0, 0.1) is 0 Å². The molecule has 2 aromatic rings. The molecule has 3 unspecified atom stereocenters. The van der Waals surface area contributed by atoms with Crippen LogP contribution in [0.15, 0.2) is 35.7 Å². The number of rotatable bonds is 4. The van der Waals surface area contributed by atoms with Crippen LogP contribution in [0.5, 0.6) is 0 Å². The Balaban J connectivity index is 1.67. The molecule has 1 saturated heterocycles. The molecule has 1 aliphatic heterocycles. The van der Waals surface area contributed by atoms with Crippen molar-refractivity contribution >= 4 is 17.2 Å². The van der Waals surface area contributed by atoms with Gasteiger partial charge in [-0.3, -0.25) is 4.79 Å². The molecule has 0 bridgehead atoms. The molecule has 0 aliphatic carbocycles. The largest absolute Gasteiger partial charge is 0.372 e. The highest BCUT2D eigenvalue weighted by Gasteiger charge is 2.28. The molecule has 24 heavy (non-hydrogen) atoms. The Labute approximate surface area is 146 Å². The van der Waals surface area contributed by atoms with Gasteiger partial charge in [0.25, 0.3) is 5.91 Å². The lowest BCUT2D eigenvalue weighted by Crippen LogP contribution is -2.48. The number of ether oxygens (including phenoxy) is 1. The van der Waals surface area contributed by atoms with Gasteiger partial charge in [-0.25, -0.2) is 4.98 Å². The number of nitrogens with zero attached hydrogens (tertiary/aromatic N) is 2. The van der Waals surface area contributed by atoms with Gasteiger partial charge in [-0.2, -0.15) is 0 Å². The first kappa shape index (κ1) is 17.1. The van der Waals surface area contributed by atoms with Crippen LogP contribution in [-0.2, 0) is 11.2 Å². The maximum Gasteiger partial charge on any atom is 0.273 e. The van der Waals surface area contributed by atoms with Gasteiger partial charge in [-0.15, -0.1) is 11.3 Å². The Morgan fingerprint density at radius 1 is 1.33 bits per heavy atom. The normalized spacial score (nSPS) is 22.4. The molecular formula is C18H23N3O2S. The third-order valence-corrected chi connectivity index (χ3v) is 5.04. The van der Waals surface area contributed by atoms with Crippen molar-refractivity contribution in [3.63, 3.8) is 0 Å². The molecule has 1 amide bonds. The highest BCUT2D eigenvalue weighted by Crippen LogP contribution is 2.22. The first-order chi connectivity index (χ1) is 11.5. The van der Waals surface area contributed by atoms with Gasteiger partial charge in [-0.1, -0.05) is 30.3 Å². The molecule has 1 aromatic carbocycles. The fourth-order valence-corrected chi connectivity index (χ4v) is 3.81. The van der Waals surface area contributed by atoms with Gasteiger partial charge in [0.05, 0.1) is 18.2 Å². The maximum atomic E-state index is 12.7. The summed E-state index contributed by atoms with van der Waals surface area (Å²) in [5.74, 6) is -0.0357. The molecule has 1 fully saturated rings. The summed E-state index contributed by atoms with van der Waals surface area (Å²) < 4.78 is 5.68. The highest BCUT2D eigenvalue weighted by atomic mass is 32.1. The van der Waals surface area contributed by atoms with Gasteiger partial charge >= 0.3 is 0 Å². The van der Waals surface area contributed by atoms with Crippen molar-refractivity contribution in [2.75, 3.05) is 13.1 Å². The van der Waals surface area contributed by atoms with Gasteiger partial charge in [0.2, 0.25) is 0 Å². The Morgan fingerprint density at radius 3 is 2.67 bits per heavy atom. The summed E-state index contributed by atoms with van der Waals surface area (Å²) in [6.45, 7) is 5.18. The fourth-order valence-electron chi connectivity index (χ4n) is 3.02. The van der Waals surface area contributed by atoms with Crippen molar-refractivity contribution in [1.82, 2.24) is 9.88 Å². The molecule has 3 rings (SSSR count). The Hall–Kier alpha value is -1.76. The Kier molecular flexibility index (Phi) is 5.28. The van der Waals surface area contributed by atoms with Crippen molar-refractivity contribution in [3.05, 3.63) is 52.0 Å². The topological polar surface area (TPSA) is 68.5 Å². The lowest BCUT2D eigenvalue weighted by Gasteiger charge is -2.34. The number of benzene rings is 1. The van der Waals surface area contributed by atoms with Crippen molar-refractivity contribution in [2.24, 2.45) is 5.73 Å². The molecule has 2 heterocycles. The summed E-state index contributed by atoms with van der Waals surface area (Å²) in [5, 5.41) is 2.62. The zero-order chi connectivity index (χ0) is 17.1. The van der Waals surface area contributed by atoms with Crippen LogP contribution >= 0.6 is 11.3 Å². The van der Waals surface area contributed by atoms with Gasteiger partial charge in [0.1, 0.15) is 10.7 Å². The van der Waals surface area contributed by atoms with Gasteiger partial charge < -0.3 is 15.4 Å². The SMILES string of the molecule is CC1CN(C(=O)c2csc(C(N)Cc3ccccc3)n2)CC(C)O1. The summed E-state index contributed by atoms with van der Waals surface area (Å²) in [4.78, 5) is 19.0. The van der Waals surface area contributed by atoms with Crippen LogP contribution in [0.3, 0.4) is 0 Å². The zero-order valence-corrected chi connectivity index (χ0v) is 14.8.